The predicted octanol–water partition coefficient (Wildman–Crippen LogP) is 3.46. The summed E-state index contributed by atoms with van der Waals surface area (Å²) >= 11 is 0. The summed E-state index contributed by atoms with van der Waals surface area (Å²) in [5.41, 5.74) is 4.67. The van der Waals surface area contributed by atoms with Gasteiger partial charge in [-0.25, -0.2) is 4.79 Å². The van der Waals surface area contributed by atoms with Gasteiger partial charge in [-0.05, 0) is 40.0 Å². The highest BCUT2D eigenvalue weighted by Gasteiger charge is 2.30. The van der Waals surface area contributed by atoms with Crippen molar-refractivity contribution in [3.8, 4) is 0 Å². The van der Waals surface area contributed by atoms with Crippen LogP contribution >= 0.6 is 0 Å². The molecule has 3 amide bonds. The van der Waals surface area contributed by atoms with Crippen LogP contribution in [0.3, 0.4) is 0 Å². The third-order valence-corrected chi connectivity index (χ3v) is 2.93. The number of carbonyl (C=O) groups excluding carboxylic acids is 3. The van der Waals surface area contributed by atoms with Gasteiger partial charge in [-0.1, -0.05) is 41.5 Å². The molecule has 1 aliphatic rings. The SMILES string of the molecule is CC.CC.CC.CC(C)(C)OC(=O)NCC(=O)N1CCCC[C@H]1C(N)=O. The third kappa shape index (κ3) is 13.5. The number of nitrogens with two attached hydrogens (primary N) is 1. The molecule has 1 saturated heterocycles. The van der Waals surface area contributed by atoms with Crippen molar-refractivity contribution in [3.05, 3.63) is 0 Å². The van der Waals surface area contributed by atoms with Gasteiger partial charge in [-0.2, -0.15) is 0 Å². The molecule has 0 aromatic carbocycles. The molecule has 0 radical (unpaired) electrons. The summed E-state index contributed by atoms with van der Waals surface area (Å²) < 4.78 is 5.04. The highest BCUT2D eigenvalue weighted by molar-refractivity contribution is 5.88. The van der Waals surface area contributed by atoms with Crippen molar-refractivity contribution in [1.82, 2.24) is 10.2 Å². The molecule has 1 fully saturated rings. The van der Waals surface area contributed by atoms with E-state index in [1.54, 1.807) is 20.8 Å². The Labute approximate surface area is 160 Å². The largest absolute Gasteiger partial charge is 0.444 e. The number of amides is 3. The Hall–Kier alpha value is -1.79. The lowest BCUT2D eigenvalue weighted by molar-refractivity contribution is -0.140. The van der Waals surface area contributed by atoms with E-state index in [1.165, 1.54) is 4.90 Å². The van der Waals surface area contributed by atoms with Gasteiger partial charge in [-0.3, -0.25) is 9.59 Å². The van der Waals surface area contributed by atoms with Crippen molar-refractivity contribution in [2.24, 2.45) is 5.73 Å². The zero-order valence-corrected chi connectivity index (χ0v) is 18.3. The number of carbonyl (C=O) groups is 3. The van der Waals surface area contributed by atoms with Crippen LogP contribution in [0.25, 0.3) is 0 Å². The number of hydrogen-bond donors (Lipinski definition) is 2. The first kappa shape index (κ1) is 29.0. The molecule has 7 nitrogen and oxygen atoms in total. The van der Waals surface area contributed by atoms with E-state index < -0.39 is 23.6 Å². The van der Waals surface area contributed by atoms with Gasteiger partial charge in [0.2, 0.25) is 11.8 Å². The molecule has 0 unspecified atom stereocenters. The van der Waals surface area contributed by atoms with Gasteiger partial charge in [0.05, 0.1) is 0 Å². The van der Waals surface area contributed by atoms with Crippen molar-refractivity contribution < 1.29 is 19.1 Å². The van der Waals surface area contributed by atoms with Crippen LogP contribution in [-0.2, 0) is 14.3 Å². The molecule has 0 saturated carbocycles. The second kappa shape index (κ2) is 16.7. The normalized spacial score (nSPS) is 15.6. The van der Waals surface area contributed by atoms with E-state index in [0.29, 0.717) is 13.0 Å². The Bertz CT molecular complexity index is 393. The maximum absolute atomic E-state index is 12.0. The monoisotopic (exact) mass is 375 g/mol. The molecule has 0 aromatic heterocycles. The minimum absolute atomic E-state index is 0.196. The summed E-state index contributed by atoms with van der Waals surface area (Å²) in [4.78, 5) is 36.2. The molecule has 1 rings (SSSR count). The van der Waals surface area contributed by atoms with E-state index >= 15 is 0 Å². The lowest BCUT2D eigenvalue weighted by Crippen LogP contribution is -2.53. The summed E-state index contributed by atoms with van der Waals surface area (Å²) in [6.45, 7) is 17.5. The molecule has 156 valence electrons. The van der Waals surface area contributed by atoms with Gasteiger partial charge in [0.15, 0.2) is 0 Å². The molecule has 26 heavy (non-hydrogen) atoms. The first-order valence-electron chi connectivity index (χ1n) is 9.76. The maximum atomic E-state index is 12.0. The molecular weight excluding hydrogens is 334 g/mol. The van der Waals surface area contributed by atoms with E-state index in [-0.39, 0.29) is 12.5 Å². The van der Waals surface area contributed by atoms with E-state index in [1.807, 2.05) is 41.5 Å². The van der Waals surface area contributed by atoms with Crippen LogP contribution in [-0.4, -0.2) is 47.5 Å². The first-order valence-corrected chi connectivity index (χ1v) is 9.76. The van der Waals surface area contributed by atoms with Crippen LogP contribution in [0.1, 0.15) is 81.6 Å². The molecule has 7 heteroatoms. The minimum Gasteiger partial charge on any atom is -0.444 e. The van der Waals surface area contributed by atoms with Gasteiger partial charge in [0.1, 0.15) is 18.2 Å². The number of likely N-dealkylation sites (tertiary alicyclic amines) is 1. The molecule has 1 aliphatic heterocycles. The predicted molar refractivity (Wildman–Crippen MR) is 107 cm³/mol. The topological polar surface area (TPSA) is 102 Å². The number of ether oxygens (including phenoxy) is 1. The number of alkyl carbamates (subject to hydrolysis) is 1. The Morgan fingerprint density at radius 3 is 1.96 bits per heavy atom. The van der Waals surface area contributed by atoms with Crippen molar-refractivity contribution in [1.29, 1.82) is 0 Å². The van der Waals surface area contributed by atoms with Crippen LogP contribution in [0.5, 0.6) is 0 Å². The quantitative estimate of drug-likeness (QED) is 0.788. The fourth-order valence-corrected chi connectivity index (χ4v) is 2.09. The Morgan fingerprint density at radius 1 is 1.04 bits per heavy atom. The number of nitrogens with zero attached hydrogens (tertiary/aromatic N) is 1. The molecule has 3 N–H and O–H groups in total. The third-order valence-electron chi connectivity index (χ3n) is 2.93. The van der Waals surface area contributed by atoms with E-state index in [2.05, 4.69) is 5.32 Å². The molecule has 0 aliphatic carbocycles. The average Bonchev–Trinajstić information content (AvgIpc) is 2.63. The average molecular weight is 376 g/mol. The van der Waals surface area contributed by atoms with Crippen LogP contribution in [0.15, 0.2) is 0 Å². The van der Waals surface area contributed by atoms with Crippen molar-refractivity contribution >= 4 is 17.9 Å². The molecule has 0 bridgehead atoms. The summed E-state index contributed by atoms with van der Waals surface area (Å²) in [6.07, 6.45) is 1.63. The number of nitrogens with one attached hydrogen (secondary N) is 1. The fraction of sp³-hybridized carbons (Fsp3) is 0.842. The summed E-state index contributed by atoms with van der Waals surface area (Å²) in [7, 11) is 0. The zero-order chi connectivity index (χ0) is 21.3. The van der Waals surface area contributed by atoms with Crippen LogP contribution in [0.2, 0.25) is 0 Å². The molecule has 0 spiro atoms. The number of piperidine rings is 1. The minimum atomic E-state index is -0.654. The second-order valence-corrected chi connectivity index (χ2v) is 5.86. The van der Waals surface area contributed by atoms with Crippen molar-refractivity contribution in [2.45, 2.75) is 93.2 Å². The highest BCUT2D eigenvalue weighted by Crippen LogP contribution is 2.16. The maximum Gasteiger partial charge on any atom is 0.408 e. The van der Waals surface area contributed by atoms with Crippen molar-refractivity contribution in [2.75, 3.05) is 13.1 Å². The van der Waals surface area contributed by atoms with E-state index in [0.717, 1.165) is 12.8 Å². The number of primary amides is 1. The van der Waals surface area contributed by atoms with E-state index in [4.69, 9.17) is 10.5 Å². The Morgan fingerprint density at radius 2 is 1.54 bits per heavy atom. The van der Waals surface area contributed by atoms with Gasteiger partial charge in [-0.15, -0.1) is 0 Å². The van der Waals surface area contributed by atoms with Gasteiger partial charge in [0.25, 0.3) is 0 Å². The van der Waals surface area contributed by atoms with Gasteiger partial charge in [0, 0.05) is 6.54 Å². The lowest BCUT2D eigenvalue weighted by Gasteiger charge is -2.33. The molecular formula is C19H41N3O4. The van der Waals surface area contributed by atoms with Crippen molar-refractivity contribution in [3.63, 3.8) is 0 Å². The van der Waals surface area contributed by atoms with Gasteiger partial charge < -0.3 is 20.7 Å². The molecule has 1 heterocycles. The smallest absolute Gasteiger partial charge is 0.408 e. The van der Waals surface area contributed by atoms with Crippen LogP contribution in [0, 0.1) is 0 Å². The molecule has 0 aromatic rings. The summed E-state index contributed by atoms with van der Waals surface area (Å²) in [5.74, 6) is -0.824. The highest BCUT2D eigenvalue weighted by atomic mass is 16.6. The Balaban J connectivity index is -0.000000795. The molecule has 1 atom stereocenters. The zero-order valence-electron chi connectivity index (χ0n) is 18.3. The second-order valence-electron chi connectivity index (χ2n) is 5.86. The fourth-order valence-electron chi connectivity index (χ4n) is 2.09. The Kier molecular flexibility index (Phi) is 18.6. The summed E-state index contributed by atoms with van der Waals surface area (Å²) in [5, 5.41) is 2.39. The number of hydrogen-bond acceptors (Lipinski definition) is 4. The number of rotatable bonds is 3. The van der Waals surface area contributed by atoms with Crippen LogP contribution < -0.4 is 11.1 Å². The summed E-state index contributed by atoms with van der Waals surface area (Å²) in [6, 6.07) is -0.573. The van der Waals surface area contributed by atoms with E-state index in [9.17, 15) is 14.4 Å². The van der Waals surface area contributed by atoms with Crippen LogP contribution in [0.4, 0.5) is 4.79 Å². The first-order chi connectivity index (χ1) is 12.2. The lowest BCUT2D eigenvalue weighted by atomic mass is 10.0. The van der Waals surface area contributed by atoms with Gasteiger partial charge >= 0.3 is 6.09 Å². The standard InChI is InChI=1S/C13H23N3O4.3C2H6/c1-13(2,3)20-12(19)15-8-10(17)16-7-5-4-6-9(16)11(14)18;3*1-2/h9H,4-8H2,1-3H3,(H2,14,18)(H,15,19);3*1-2H3/t9-;;;/m0.../s1.